The molecule has 1 aromatic carbocycles. The zero-order valence-electron chi connectivity index (χ0n) is 8.78. The van der Waals surface area contributed by atoms with Crippen molar-refractivity contribution in [2.75, 3.05) is 5.32 Å². The van der Waals surface area contributed by atoms with E-state index < -0.39 is 11.6 Å². The number of hydrogen-bond donors (Lipinski definition) is 1. The van der Waals surface area contributed by atoms with Gasteiger partial charge in [0, 0.05) is 12.1 Å². The second kappa shape index (κ2) is 5.45. The van der Waals surface area contributed by atoms with Gasteiger partial charge >= 0.3 is 0 Å². The van der Waals surface area contributed by atoms with Gasteiger partial charge in [0.05, 0.1) is 10.2 Å². The monoisotopic (exact) mass is 277 g/mol. The standard InChI is InChI=1S/C11H14BrF2N/c1-3-7(4-2)15-11-5-8(12)9(13)6-10(11)14/h5-7,15H,3-4H2,1-2H3. The van der Waals surface area contributed by atoms with Crippen molar-refractivity contribution in [3.63, 3.8) is 0 Å². The summed E-state index contributed by atoms with van der Waals surface area (Å²) in [5.41, 5.74) is 0.344. The van der Waals surface area contributed by atoms with E-state index in [2.05, 4.69) is 21.2 Å². The van der Waals surface area contributed by atoms with E-state index in [1.807, 2.05) is 13.8 Å². The molecule has 1 rings (SSSR count). The van der Waals surface area contributed by atoms with E-state index >= 15 is 0 Å². The second-order valence-corrected chi connectivity index (χ2v) is 4.26. The van der Waals surface area contributed by atoms with Crippen molar-refractivity contribution in [1.29, 1.82) is 0 Å². The molecule has 1 N–H and O–H groups in total. The van der Waals surface area contributed by atoms with Crippen LogP contribution in [0.25, 0.3) is 0 Å². The molecular formula is C11H14BrF2N. The van der Waals surface area contributed by atoms with Crippen LogP contribution in [0.5, 0.6) is 0 Å². The SMILES string of the molecule is CCC(CC)Nc1cc(Br)c(F)cc1F. The first-order valence-corrected chi connectivity index (χ1v) is 5.78. The number of benzene rings is 1. The average molecular weight is 278 g/mol. The Kier molecular flexibility index (Phi) is 4.51. The number of nitrogens with one attached hydrogen (secondary N) is 1. The van der Waals surface area contributed by atoms with Crippen molar-refractivity contribution in [3.05, 3.63) is 28.2 Å². The molecule has 0 spiro atoms. The highest BCUT2D eigenvalue weighted by Crippen LogP contribution is 2.24. The van der Waals surface area contributed by atoms with Crippen LogP contribution >= 0.6 is 15.9 Å². The summed E-state index contributed by atoms with van der Waals surface area (Å²) in [6.07, 6.45) is 1.82. The van der Waals surface area contributed by atoms with Crippen LogP contribution in [0.2, 0.25) is 0 Å². The van der Waals surface area contributed by atoms with Gasteiger partial charge in [-0.1, -0.05) is 13.8 Å². The minimum Gasteiger partial charge on any atom is -0.380 e. The highest BCUT2D eigenvalue weighted by Gasteiger charge is 2.10. The molecule has 1 nitrogen and oxygen atoms in total. The van der Waals surface area contributed by atoms with Crippen LogP contribution in [0, 0.1) is 11.6 Å². The van der Waals surface area contributed by atoms with Crippen molar-refractivity contribution < 1.29 is 8.78 Å². The topological polar surface area (TPSA) is 12.0 Å². The van der Waals surface area contributed by atoms with Gasteiger partial charge in [0.25, 0.3) is 0 Å². The van der Waals surface area contributed by atoms with Crippen LogP contribution < -0.4 is 5.32 Å². The molecule has 1 aromatic rings. The van der Waals surface area contributed by atoms with Crippen molar-refractivity contribution in [2.45, 2.75) is 32.7 Å². The Morgan fingerprint density at radius 3 is 2.33 bits per heavy atom. The molecule has 0 amide bonds. The van der Waals surface area contributed by atoms with Crippen molar-refractivity contribution in [1.82, 2.24) is 0 Å². The molecule has 0 aliphatic heterocycles. The smallest absolute Gasteiger partial charge is 0.149 e. The molecule has 0 saturated carbocycles. The van der Waals surface area contributed by atoms with Gasteiger partial charge in [-0.15, -0.1) is 0 Å². The fourth-order valence-electron chi connectivity index (χ4n) is 1.35. The molecule has 0 aliphatic carbocycles. The van der Waals surface area contributed by atoms with Gasteiger partial charge in [-0.25, -0.2) is 8.78 Å². The van der Waals surface area contributed by atoms with E-state index in [9.17, 15) is 8.78 Å². The average Bonchev–Trinajstić information content (AvgIpc) is 2.21. The van der Waals surface area contributed by atoms with Crippen LogP contribution in [0.3, 0.4) is 0 Å². The lowest BCUT2D eigenvalue weighted by Crippen LogP contribution is -2.17. The Bertz CT molecular complexity index is 338. The molecular weight excluding hydrogens is 264 g/mol. The molecule has 0 radical (unpaired) electrons. The maximum Gasteiger partial charge on any atom is 0.149 e. The Labute approximate surface area is 97.0 Å². The van der Waals surface area contributed by atoms with Crippen LogP contribution in [-0.4, -0.2) is 6.04 Å². The molecule has 4 heteroatoms. The molecule has 15 heavy (non-hydrogen) atoms. The summed E-state index contributed by atoms with van der Waals surface area (Å²) in [7, 11) is 0. The third-order valence-electron chi connectivity index (χ3n) is 2.36. The molecule has 0 bridgehead atoms. The largest absolute Gasteiger partial charge is 0.380 e. The van der Waals surface area contributed by atoms with Crippen molar-refractivity contribution in [3.8, 4) is 0 Å². The van der Waals surface area contributed by atoms with E-state index in [-0.39, 0.29) is 10.5 Å². The van der Waals surface area contributed by atoms with Gasteiger partial charge in [-0.05, 0) is 34.8 Å². The van der Waals surface area contributed by atoms with E-state index in [1.54, 1.807) is 0 Å². The maximum atomic E-state index is 13.3. The quantitative estimate of drug-likeness (QED) is 0.808. The summed E-state index contributed by atoms with van der Waals surface area (Å²) >= 11 is 3.03. The summed E-state index contributed by atoms with van der Waals surface area (Å²) in [6.45, 7) is 4.05. The predicted octanol–water partition coefficient (Wildman–Crippen LogP) is 4.33. The van der Waals surface area contributed by atoms with Gasteiger partial charge in [0.15, 0.2) is 0 Å². The minimum atomic E-state index is -0.581. The fourth-order valence-corrected chi connectivity index (χ4v) is 1.69. The van der Waals surface area contributed by atoms with Crippen LogP contribution in [-0.2, 0) is 0 Å². The summed E-state index contributed by atoms with van der Waals surface area (Å²) in [5.74, 6) is -1.13. The molecule has 0 aliphatic rings. The second-order valence-electron chi connectivity index (χ2n) is 3.40. The first kappa shape index (κ1) is 12.4. The number of halogens is 3. The Balaban J connectivity index is 2.89. The van der Waals surface area contributed by atoms with Gasteiger partial charge in [0.1, 0.15) is 11.6 Å². The lowest BCUT2D eigenvalue weighted by atomic mass is 10.1. The number of hydrogen-bond acceptors (Lipinski definition) is 1. The first-order chi connectivity index (χ1) is 7.08. The fraction of sp³-hybridized carbons (Fsp3) is 0.455. The summed E-state index contributed by atoms with van der Waals surface area (Å²) in [5, 5.41) is 3.04. The van der Waals surface area contributed by atoms with Crippen molar-refractivity contribution >= 4 is 21.6 Å². The van der Waals surface area contributed by atoms with Crippen LogP contribution in [0.4, 0.5) is 14.5 Å². The normalized spacial score (nSPS) is 10.8. The number of anilines is 1. The summed E-state index contributed by atoms with van der Waals surface area (Å²) in [4.78, 5) is 0. The van der Waals surface area contributed by atoms with Crippen molar-refractivity contribution in [2.24, 2.45) is 0 Å². The molecule has 0 fully saturated rings. The van der Waals surface area contributed by atoms with Gasteiger partial charge in [-0.3, -0.25) is 0 Å². The molecule has 0 unspecified atom stereocenters. The Morgan fingerprint density at radius 2 is 1.80 bits per heavy atom. The highest BCUT2D eigenvalue weighted by atomic mass is 79.9. The maximum absolute atomic E-state index is 13.3. The lowest BCUT2D eigenvalue weighted by molar-refractivity contribution is 0.576. The summed E-state index contributed by atoms with van der Waals surface area (Å²) < 4.78 is 26.6. The minimum absolute atomic E-state index is 0.219. The van der Waals surface area contributed by atoms with Crippen LogP contribution in [0.15, 0.2) is 16.6 Å². The van der Waals surface area contributed by atoms with E-state index in [0.29, 0.717) is 5.69 Å². The predicted molar refractivity (Wildman–Crippen MR) is 62.1 cm³/mol. The zero-order valence-corrected chi connectivity index (χ0v) is 10.4. The lowest BCUT2D eigenvalue weighted by Gasteiger charge is -2.17. The van der Waals surface area contributed by atoms with Crippen LogP contribution in [0.1, 0.15) is 26.7 Å². The third-order valence-corrected chi connectivity index (χ3v) is 2.96. The Morgan fingerprint density at radius 1 is 1.20 bits per heavy atom. The third kappa shape index (κ3) is 3.16. The number of rotatable bonds is 4. The van der Waals surface area contributed by atoms with E-state index in [1.165, 1.54) is 6.07 Å². The van der Waals surface area contributed by atoms with Gasteiger partial charge in [0.2, 0.25) is 0 Å². The van der Waals surface area contributed by atoms with Gasteiger partial charge in [-0.2, -0.15) is 0 Å². The van der Waals surface area contributed by atoms with Gasteiger partial charge < -0.3 is 5.32 Å². The van der Waals surface area contributed by atoms with E-state index in [0.717, 1.165) is 18.9 Å². The molecule has 0 heterocycles. The van der Waals surface area contributed by atoms with E-state index in [4.69, 9.17) is 0 Å². The molecule has 0 aromatic heterocycles. The molecule has 0 atom stereocenters. The molecule has 84 valence electrons. The molecule has 0 saturated heterocycles. The zero-order chi connectivity index (χ0) is 11.4. The summed E-state index contributed by atoms with van der Waals surface area (Å²) in [6, 6.07) is 2.54. The highest BCUT2D eigenvalue weighted by molar-refractivity contribution is 9.10. The first-order valence-electron chi connectivity index (χ1n) is 4.99. The Hall–Kier alpha value is -0.640.